The molecule has 2 aromatic carbocycles. The van der Waals surface area contributed by atoms with Crippen LogP contribution >= 0.6 is 0 Å². The van der Waals surface area contributed by atoms with Gasteiger partial charge < -0.3 is 14.8 Å². The van der Waals surface area contributed by atoms with Crippen LogP contribution in [0.1, 0.15) is 29.7 Å². The maximum Gasteiger partial charge on any atom is 0.244 e. The van der Waals surface area contributed by atoms with E-state index in [9.17, 15) is 4.79 Å². The quantitative estimate of drug-likeness (QED) is 0.874. The van der Waals surface area contributed by atoms with Gasteiger partial charge in [0.05, 0.1) is 6.04 Å². The number of carbonyl (C=O) groups excluding carboxylic acids is 1. The Balaban J connectivity index is 1.63. The predicted octanol–water partition coefficient (Wildman–Crippen LogP) is 3.66. The predicted molar refractivity (Wildman–Crippen MR) is 94.2 cm³/mol. The van der Waals surface area contributed by atoms with Gasteiger partial charge in [-0.15, -0.1) is 0 Å². The highest BCUT2D eigenvalue weighted by molar-refractivity contribution is 5.92. The van der Waals surface area contributed by atoms with Gasteiger partial charge in [-0.25, -0.2) is 0 Å². The van der Waals surface area contributed by atoms with Crippen molar-refractivity contribution in [1.29, 1.82) is 0 Å². The molecule has 0 aromatic heterocycles. The first-order valence-corrected chi connectivity index (χ1v) is 8.06. The average Bonchev–Trinajstić information content (AvgIpc) is 2.59. The molecular formula is C20H21NO3. The molecule has 24 heavy (non-hydrogen) atoms. The van der Waals surface area contributed by atoms with E-state index in [0.29, 0.717) is 13.2 Å². The van der Waals surface area contributed by atoms with E-state index in [1.807, 2.05) is 62.4 Å². The maximum absolute atomic E-state index is 12.1. The van der Waals surface area contributed by atoms with Crippen LogP contribution in [0.3, 0.4) is 0 Å². The Hall–Kier alpha value is -2.75. The van der Waals surface area contributed by atoms with Crippen LogP contribution in [0.2, 0.25) is 0 Å². The van der Waals surface area contributed by atoms with Crippen LogP contribution < -0.4 is 14.8 Å². The summed E-state index contributed by atoms with van der Waals surface area (Å²) in [7, 11) is 0. The van der Waals surface area contributed by atoms with E-state index in [-0.39, 0.29) is 11.9 Å². The van der Waals surface area contributed by atoms with Crippen LogP contribution in [0.4, 0.5) is 0 Å². The van der Waals surface area contributed by atoms with E-state index in [4.69, 9.17) is 9.47 Å². The number of benzene rings is 2. The van der Waals surface area contributed by atoms with Gasteiger partial charge in [0.15, 0.2) is 11.5 Å². The Morgan fingerprint density at radius 2 is 1.92 bits per heavy atom. The van der Waals surface area contributed by atoms with Gasteiger partial charge in [-0.1, -0.05) is 35.9 Å². The topological polar surface area (TPSA) is 47.6 Å². The van der Waals surface area contributed by atoms with Gasteiger partial charge in [0, 0.05) is 6.08 Å². The van der Waals surface area contributed by atoms with Crippen molar-refractivity contribution in [3.8, 4) is 11.5 Å². The average molecular weight is 323 g/mol. The second kappa shape index (κ2) is 7.21. The number of hydrogen-bond acceptors (Lipinski definition) is 3. The fraction of sp³-hybridized carbons (Fsp3) is 0.250. The fourth-order valence-electron chi connectivity index (χ4n) is 2.62. The smallest absolute Gasteiger partial charge is 0.244 e. The SMILES string of the molecule is Cc1cccc(C=CC(=O)NC(C)c2ccc3c(c2)OCCO3)c1. The minimum Gasteiger partial charge on any atom is -0.486 e. The molecule has 0 aliphatic carbocycles. The third-order valence-corrected chi connectivity index (χ3v) is 3.89. The molecule has 0 radical (unpaired) electrons. The standard InChI is InChI=1S/C20H21NO3/c1-14-4-3-5-16(12-14)6-9-20(22)21-15(2)17-7-8-18-19(13-17)24-11-10-23-18/h3-9,12-13,15H,10-11H2,1-2H3,(H,21,22). The highest BCUT2D eigenvalue weighted by Crippen LogP contribution is 2.32. The normalized spacial score (nSPS) is 14.4. The van der Waals surface area contributed by atoms with Crippen molar-refractivity contribution in [2.75, 3.05) is 13.2 Å². The molecule has 2 aromatic rings. The summed E-state index contributed by atoms with van der Waals surface area (Å²) in [5.74, 6) is 1.36. The zero-order chi connectivity index (χ0) is 16.9. The molecule has 4 nitrogen and oxygen atoms in total. The van der Waals surface area contributed by atoms with E-state index in [1.54, 1.807) is 6.08 Å². The first-order valence-electron chi connectivity index (χ1n) is 8.06. The number of hydrogen-bond donors (Lipinski definition) is 1. The molecule has 0 fully saturated rings. The molecule has 0 saturated heterocycles. The number of carbonyl (C=O) groups is 1. The molecule has 1 amide bonds. The Labute approximate surface area is 142 Å². The Morgan fingerprint density at radius 3 is 2.71 bits per heavy atom. The summed E-state index contributed by atoms with van der Waals surface area (Å²) in [6, 6.07) is 13.7. The van der Waals surface area contributed by atoms with Crippen LogP contribution in [0.5, 0.6) is 11.5 Å². The maximum atomic E-state index is 12.1. The van der Waals surface area contributed by atoms with Crippen LogP contribution in [0.25, 0.3) is 6.08 Å². The molecule has 1 aliphatic heterocycles. The molecule has 124 valence electrons. The summed E-state index contributed by atoms with van der Waals surface area (Å²) in [4.78, 5) is 12.1. The van der Waals surface area contributed by atoms with Crippen molar-refractivity contribution < 1.29 is 14.3 Å². The van der Waals surface area contributed by atoms with E-state index in [0.717, 1.165) is 22.6 Å². The molecular weight excluding hydrogens is 302 g/mol. The lowest BCUT2D eigenvalue weighted by Crippen LogP contribution is -2.25. The van der Waals surface area contributed by atoms with E-state index in [1.165, 1.54) is 5.56 Å². The molecule has 0 spiro atoms. The number of rotatable bonds is 4. The molecule has 1 unspecified atom stereocenters. The van der Waals surface area contributed by atoms with Crippen LogP contribution in [0, 0.1) is 6.92 Å². The summed E-state index contributed by atoms with van der Waals surface area (Å²) in [5, 5.41) is 2.97. The van der Waals surface area contributed by atoms with Gasteiger partial charge in [0.25, 0.3) is 0 Å². The summed E-state index contributed by atoms with van der Waals surface area (Å²) >= 11 is 0. The minimum atomic E-state index is -0.126. The molecule has 1 N–H and O–H groups in total. The van der Waals surface area contributed by atoms with Gasteiger partial charge in [-0.05, 0) is 43.2 Å². The van der Waals surface area contributed by atoms with Crippen molar-refractivity contribution in [1.82, 2.24) is 5.32 Å². The third kappa shape index (κ3) is 3.96. The molecule has 1 atom stereocenters. The van der Waals surface area contributed by atoms with Gasteiger partial charge in [0.2, 0.25) is 5.91 Å². The Kier molecular flexibility index (Phi) is 4.85. The number of aryl methyl sites for hydroxylation is 1. The van der Waals surface area contributed by atoms with Crippen LogP contribution in [-0.4, -0.2) is 19.1 Å². The van der Waals surface area contributed by atoms with Gasteiger partial charge >= 0.3 is 0 Å². The monoisotopic (exact) mass is 323 g/mol. The van der Waals surface area contributed by atoms with Crippen molar-refractivity contribution in [2.45, 2.75) is 19.9 Å². The molecule has 4 heteroatoms. The van der Waals surface area contributed by atoms with Crippen molar-refractivity contribution >= 4 is 12.0 Å². The molecule has 1 heterocycles. The van der Waals surface area contributed by atoms with Crippen molar-refractivity contribution in [3.63, 3.8) is 0 Å². The first kappa shape index (κ1) is 16.1. The lowest BCUT2D eigenvalue weighted by Gasteiger charge is -2.20. The van der Waals surface area contributed by atoms with Crippen molar-refractivity contribution in [3.05, 3.63) is 65.2 Å². The number of ether oxygens (including phenoxy) is 2. The van der Waals surface area contributed by atoms with E-state index >= 15 is 0 Å². The highest BCUT2D eigenvalue weighted by atomic mass is 16.6. The number of fused-ring (bicyclic) bond motifs is 1. The summed E-state index contributed by atoms with van der Waals surface area (Å²) in [6.45, 7) is 5.10. The summed E-state index contributed by atoms with van der Waals surface area (Å²) in [5.41, 5.74) is 3.16. The van der Waals surface area contributed by atoms with E-state index < -0.39 is 0 Å². The highest BCUT2D eigenvalue weighted by Gasteiger charge is 2.15. The Bertz CT molecular complexity index is 767. The van der Waals surface area contributed by atoms with Gasteiger partial charge in [0.1, 0.15) is 13.2 Å². The zero-order valence-corrected chi connectivity index (χ0v) is 13.9. The van der Waals surface area contributed by atoms with Gasteiger partial charge in [-0.3, -0.25) is 4.79 Å². The zero-order valence-electron chi connectivity index (χ0n) is 13.9. The summed E-state index contributed by atoms with van der Waals surface area (Å²) < 4.78 is 11.1. The Morgan fingerprint density at radius 1 is 1.12 bits per heavy atom. The number of nitrogens with one attached hydrogen (secondary N) is 1. The molecule has 0 bridgehead atoms. The number of amides is 1. The molecule has 1 aliphatic rings. The lowest BCUT2D eigenvalue weighted by atomic mass is 10.1. The third-order valence-electron chi connectivity index (χ3n) is 3.89. The fourth-order valence-corrected chi connectivity index (χ4v) is 2.62. The summed E-state index contributed by atoms with van der Waals surface area (Å²) in [6.07, 6.45) is 3.38. The van der Waals surface area contributed by atoms with Crippen LogP contribution in [-0.2, 0) is 4.79 Å². The second-order valence-electron chi connectivity index (χ2n) is 5.88. The molecule has 0 saturated carbocycles. The largest absolute Gasteiger partial charge is 0.486 e. The molecule has 3 rings (SSSR count). The minimum absolute atomic E-state index is 0.115. The van der Waals surface area contributed by atoms with Crippen LogP contribution in [0.15, 0.2) is 48.5 Å². The lowest BCUT2D eigenvalue weighted by molar-refractivity contribution is -0.117. The van der Waals surface area contributed by atoms with Gasteiger partial charge in [-0.2, -0.15) is 0 Å². The van der Waals surface area contributed by atoms with Crippen molar-refractivity contribution in [2.24, 2.45) is 0 Å². The second-order valence-corrected chi connectivity index (χ2v) is 5.88. The van der Waals surface area contributed by atoms with E-state index in [2.05, 4.69) is 5.32 Å². The first-order chi connectivity index (χ1) is 11.6.